The Balaban J connectivity index is 1.94. The molecule has 3 rings (SSSR count). The van der Waals surface area contributed by atoms with Crippen LogP contribution in [-0.4, -0.2) is 19.7 Å². The van der Waals surface area contributed by atoms with Gasteiger partial charge >= 0.3 is 0 Å². The predicted molar refractivity (Wildman–Crippen MR) is 74.9 cm³/mol. The molecular formula is C13H11N5O2. The minimum atomic E-state index is -0.415. The first-order valence-corrected chi connectivity index (χ1v) is 5.93. The molecule has 0 aliphatic heterocycles. The van der Waals surface area contributed by atoms with Crippen LogP contribution in [0.4, 0.5) is 17.2 Å². The number of anilines is 2. The molecule has 1 N–H and O–H groups in total. The Morgan fingerprint density at radius 1 is 1.30 bits per heavy atom. The lowest BCUT2D eigenvalue weighted by atomic mass is 10.2. The van der Waals surface area contributed by atoms with Crippen LogP contribution < -0.4 is 5.32 Å². The van der Waals surface area contributed by atoms with Crippen LogP contribution in [0.25, 0.3) is 10.9 Å². The van der Waals surface area contributed by atoms with Gasteiger partial charge in [0.1, 0.15) is 5.82 Å². The number of benzene rings is 1. The van der Waals surface area contributed by atoms with Gasteiger partial charge in [-0.15, -0.1) is 0 Å². The number of nitrogens with zero attached hydrogens (tertiary/aromatic N) is 4. The van der Waals surface area contributed by atoms with Crippen LogP contribution >= 0.6 is 0 Å². The van der Waals surface area contributed by atoms with Gasteiger partial charge in [0.15, 0.2) is 0 Å². The highest BCUT2D eigenvalue weighted by molar-refractivity contribution is 5.83. The van der Waals surface area contributed by atoms with Crippen molar-refractivity contribution in [3.8, 4) is 0 Å². The molecule has 0 fully saturated rings. The van der Waals surface area contributed by atoms with Gasteiger partial charge in [0, 0.05) is 30.8 Å². The SMILES string of the molecule is Cn1cc(Nc2ccc3cc([N+](=O)[O-])ccc3n2)cn1. The molecular weight excluding hydrogens is 258 g/mol. The van der Waals surface area contributed by atoms with E-state index in [2.05, 4.69) is 15.4 Å². The molecule has 0 aliphatic carbocycles. The molecule has 100 valence electrons. The summed E-state index contributed by atoms with van der Waals surface area (Å²) < 4.78 is 1.69. The van der Waals surface area contributed by atoms with Crippen molar-refractivity contribution in [1.29, 1.82) is 0 Å². The third kappa shape index (κ3) is 2.28. The normalized spacial score (nSPS) is 10.7. The number of nitro groups is 1. The maximum Gasteiger partial charge on any atom is 0.270 e. The van der Waals surface area contributed by atoms with Crippen molar-refractivity contribution in [2.75, 3.05) is 5.32 Å². The fourth-order valence-corrected chi connectivity index (χ4v) is 1.93. The van der Waals surface area contributed by atoms with Gasteiger partial charge in [-0.05, 0) is 18.2 Å². The van der Waals surface area contributed by atoms with E-state index >= 15 is 0 Å². The molecule has 20 heavy (non-hydrogen) atoms. The molecule has 3 aromatic rings. The van der Waals surface area contributed by atoms with Crippen LogP contribution in [-0.2, 0) is 7.05 Å². The largest absolute Gasteiger partial charge is 0.338 e. The van der Waals surface area contributed by atoms with Crippen molar-refractivity contribution < 1.29 is 4.92 Å². The molecule has 0 amide bonds. The van der Waals surface area contributed by atoms with E-state index in [0.29, 0.717) is 11.3 Å². The van der Waals surface area contributed by atoms with Gasteiger partial charge in [0.05, 0.1) is 22.3 Å². The second-order valence-electron chi connectivity index (χ2n) is 4.36. The Morgan fingerprint density at radius 2 is 2.15 bits per heavy atom. The molecule has 1 aromatic carbocycles. The number of hydrogen-bond acceptors (Lipinski definition) is 5. The summed E-state index contributed by atoms with van der Waals surface area (Å²) in [6.07, 6.45) is 3.53. The van der Waals surface area contributed by atoms with Crippen molar-refractivity contribution in [3.05, 3.63) is 52.8 Å². The van der Waals surface area contributed by atoms with Gasteiger partial charge in [0.25, 0.3) is 5.69 Å². The maximum atomic E-state index is 10.7. The second kappa shape index (κ2) is 4.61. The van der Waals surface area contributed by atoms with E-state index in [1.54, 1.807) is 29.1 Å². The summed E-state index contributed by atoms with van der Waals surface area (Å²) in [5, 5.41) is 18.6. The monoisotopic (exact) mass is 269 g/mol. The molecule has 7 nitrogen and oxygen atoms in total. The Morgan fingerprint density at radius 3 is 2.85 bits per heavy atom. The molecule has 0 saturated heterocycles. The van der Waals surface area contributed by atoms with Crippen LogP contribution in [0.5, 0.6) is 0 Å². The lowest BCUT2D eigenvalue weighted by molar-refractivity contribution is -0.384. The number of rotatable bonds is 3. The fraction of sp³-hybridized carbons (Fsp3) is 0.0769. The molecule has 0 bridgehead atoms. The Bertz CT molecular complexity index is 796. The van der Waals surface area contributed by atoms with E-state index in [9.17, 15) is 10.1 Å². The lowest BCUT2D eigenvalue weighted by Gasteiger charge is -2.04. The zero-order chi connectivity index (χ0) is 14.1. The number of fused-ring (bicyclic) bond motifs is 1. The van der Waals surface area contributed by atoms with Crippen LogP contribution in [0.1, 0.15) is 0 Å². The number of hydrogen-bond donors (Lipinski definition) is 1. The average Bonchev–Trinajstić information content (AvgIpc) is 2.83. The van der Waals surface area contributed by atoms with E-state index in [1.807, 2.05) is 13.2 Å². The highest BCUT2D eigenvalue weighted by Crippen LogP contribution is 2.22. The number of nitro benzene ring substituents is 1. The smallest absolute Gasteiger partial charge is 0.270 e. The number of aryl methyl sites for hydroxylation is 1. The molecule has 0 aliphatic rings. The Kier molecular flexibility index (Phi) is 2.79. The van der Waals surface area contributed by atoms with E-state index < -0.39 is 4.92 Å². The topological polar surface area (TPSA) is 85.9 Å². The minimum absolute atomic E-state index is 0.0623. The molecule has 2 heterocycles. The summed E-state index contributed by atoms with van der Waals surface area (Å²) in [4.78, 5) is 14.7. The van der Waals surface area contributed by atoms with Gasteiger partial charge in [0.2, 0.25) is 0 Å². The van der Waals surface area contributed by atoms with Gasteiger partial charge < -0.3 is 5.32 Å². The number of non-ortho nitro benzene ring substituents is 1. The third-order valence-corrected chi connectivity index (χ3v) is 2.86. The summed E-state index contributed by atoms with van der Waals surface area (Å²) in [7, 11) is 1.83. The van der Waals surface area contributed by atoms with E-state index in [0.717, 1.165) is 11.1 Å². The summed E-state index contributed by atoms with van der Waals surface area (Å²) >= 11 is 0. The standard InChI is InChI=1S/C13H11N5O2/c1-17-8-10(7-14-17)15-13-5-2-9-6-11(18(19)20)3-4-12(9)16-13/h2-8H,1H3,(H,15,16). The Hall–Kier alpha value is -2.96. The lowest BCUT2D eigenvalue weighted by Crippen LogP contribution is -1.93. The summed E-state index contributed by atoms with van der Waals surface area (Å²) in [6, 6.07) is 8.17. The molecule has 0 atom stereocenters. The third-order valence-electron chi connectivity index (χ3n) is 2.86. The molecule has 0 radical (unpaired) electrons. The van der Waals surface area contributed by atoms with Crippen molar-refractivity contribution in [3.63, 3.8) is 0 Å². The first kappa shape index (κ1) is 12.1. The van der Waals surface area contributed by atoms with Gasteiger partial charge in [-0.1, -0.05) is 0 Å². The Labute approximate surface area is 114 Å². The average molecular weight is 269 g/mol. The fourth-order valence-electron chi connectivity index (χ4n) is 1.93. The minimum Gasteiger partial charge on any atom is -0.338 e. The highest BCUT2D eigenvalue weighted by Gasteiger charge is 2.07. The number of aromatic nitrogens is 3. The van der Waals surface area contributed by atoms with Crippen LogP contribution in [0.3, 0.4) is 0 Å². The van der Waals surface area contributed by atoms with Crippen LogP contribution in [0.15, 0.2) is 42.7 Å². The van der Waals surface area contributed by atoms with Crippen molar-refractivity contribution in [2.24, 2.45) is 7.05 Å². The zero-order valence-electron chi connectivity index (χ0n) is 10.6. The van der Waals surface area contributed by atoms with Gasteiger partial charge in [-0.2, -0.15) is 5.10 Å². The van der Waals surface area contributed by atoms with E-state index in [1.165, 1.54) is 12.1 Å². The van der Waals surface area contributed by atoms with Gasteiger partial charge in [-0.3, -0.25) is 14.8 Å². The molecule has 7 heteroatoms. The van der Waals surface area contributed by atoms with Crippen LogP contribution in [0.2, 0.25) is 0 Å². The summed E-state index contributed by atoms with van der Waals surface area (Å²) in [5.41, 5.74) is 1.60. The maximum absolute atomic E-state index is 10.7. The summed E-state index contributed by atoms with van der Waals surface area (Å²) in [5.74, 6) is 0.666. The molecule has 2 aromatic heterocycles. The molecule has 0 saturated carbocycles. The van der Waals surface area contributed by atoms with Crippen molar-refractivity contribution >= 4 is 28.1 Å². The van der Waals surface area contributed by atoms with Gasteiger partial charge in [-0.25, -0.2) is 4.98 Å². The quantitative estimate of drug-likeness (QED) is 0.583. The van der Waals surface area contributed by atoms with E-state index in [4.69, 9.17) is 0 Å². The van der Waals surface area contributed by atoms with Crippen LogP contribution in [0, 0.1) is 10.1 Å². The molecule has 0 unspecified atom stereocenters. The molecule has 0 spiro atoms. The summed E-state index contributed by atoms with van der Waals surface area (Å²) in [6.45, 7) is 0. The first-order chi connectivity index (χ1) is 9.61. The second-order valence-corrected chi connectivity index (χ2v) is 4.36. The predicted octanol–water partition coefficient (Wildman–Crippen LogP) is 2.62. The number of pyridine rings is 1. The van der Waals surface area contributed by atoms with E-state index in [-0.39, 0.29) is 5.69 Å². The first-order valence-electron chi connectivity index (χ1n) is 5.93. The highest BCUT2D eigenvalue weighted by atomic mass is 16.6. The van der Waals surface area contributed by atoms with Crippen molar-refractivity contribution in [1.82, 2.24) is 14.8 Å². The van der Waals surface area contributed by atoms with Crippen molar-refractivity contribution in [2.45, 2.75) is 0 Å². The zero-order valence-corrected chi connectivity index (χ0v) is 10.6. The number of nitrogens with one attached hydrogen (secondary N) is 1.